The second-order valence-corrected chi connectivity index (χ2v) is 14.8. The molecule has 0 atom stereocenters. The highest BCUT2D eigenvalue weighted by Crippen LogP contribution is 2.60. The van der Waals surface area contributed by atoms with Crippen molar-refractivity contribution in [1.29, 1.82) is 0 Å². The van der Waals surface area contributed by atoms with Gasteiger partial charge in [0, 0.05) is 33.3 Å². The molecule has 1 aliphatic carbocycles. The summed E-state index contributed by atoms with van der Waals surface area (Å²) < 4.78 is 6.84. The molecule has 2 heteroatoms. The molecule has 0 radical (unpaired) electrons. The highest BCUT2D eigenvalue weighted by molar-refractivity contribution is 6.01. The summed E-state index contributed by atoms with van der Waals surface area (Å²) in [7, 11) is 0. The van der Waals surface area contributed by atoms with Crippen molar-refractivity contribution in [2.45, 2.75) is 5.41 Å². The van der Waals surface area contributed by atoms with E-state index in [4.69, 9.17) is 4.42 Å². The molecule has 10 aromatic rings. The third kappa shape index (κ3) is 5.26. The van der Waals surface area contributed by atoms with Gasteiger partial charge in [-0.3, -0.25) is 0 Å². The number of rotatable bonds is 7. The number of nitrogens with zero attached hydrogens (tertiary/aromatic N) is 1. The minimum atomic E-state index is -0.615. The Labute approximate surface area is 332 Å². The molecule has 0 unspecified atom stereocenters. The van der Waals surface area contributed by atoms with Crippen molar-refractivity contribution in [1.82, 2.24) is 0 Å². The van der Waals surface area contributed by atoms with Crippen LogP contribution in [0.25, 0.3) is 55.3 Å². The summed E-state index contributed by atoms with van der Waals surface area (Å²) in [5, 5.41) is 3.53. The molecule has 57 heavy (non-hydrogen) atoms. The van der Waals surface area contributed by atoms with Gasteiger partial charge in [0.1, 0.15) is 11.3 Å². The van der Waals surface area contributed by atoms with Crippen LogP contribution >= 0.6 is 0 Å². The molecular formula is C55H37NO. The van der Waals surface area contributed by atoms with E-state index in [9.17, 15) is 0 Å². The van der Waals surface area contributed by atoms with Crippen LogP contribution in [0.5, 0.6) is 0 Å². The number of para-hydroxylation sites is 1. The van der Waals surface area contributed by atoms with Gasteiger partial charge in [-0.15, -0.1) is 0 Å². The van der Waals surface area contributed by atoms with Gasteiger partial charge in [0.2, 0.25) is 0 Å². The zero-order chi connectivity index (χ0) is 37.8. The van der Waals surface area contributed by atoms with E-state index in [1.165, 1.54) is 55.3 Å². The molecule has 9 aromatic carbocycles. The Kier molecular flexibility index (Phi) is 7.75. The molecule has 1 aromatic heterocycles. The molecule has 0 amide bonds. The number of hydrogen-bond acceptors (Lipinski definition) is 2. The number of anilines is 3. The number of hydrogen-bond donors (Lipinski definition) is 0. The minimum Gasteiger partial charge on any atom is -0.456 e. The van der Waals surface area contributed by atoms with Crippen molar-refractivity contribution >= 4 is 38.8 Å². The monoisotopic (exact) mass is 727 g/mol. The first-order valence-corrected chi connectivity index (χ1v) is 19.6. The van der Waals surface area contributed by atoms with E-state index in [0.29, 0.717) is 0 Å². The van der Waals surface area contributed by atoms with E-state index in [2.05, 4.69) is 229 Å². The predicted molar refractivity (Wildman–Crippen MR) is 237 cm³/mol. The lowest BCUT2D eigenvalue weighted by molar-refractivity contribution is 0.628. The molecule has 2 nitrogen and oxygen atoms in total. The fourth-order valence-corrected chi connectivity index (χ4v) is 9.18. The predicted octanol–water partition coefficient (Wildman–Crippen LogP) is 14.8. The molecule has 0 aliphatic heterocycles. The van der Waals surface area contributed by atoms with Crippen LogP contribution in [0.4, 0.5) is 17.1 Å². The number of benzene rings is 9. The van der Waals surface area contributed by atoms with Crippen LogP contribution in [0, 0.1) is 0 Å². The van der Waals surface area contributed by atoms with Gasteiger partial charge >= 0.3 is 0 Å². The highest BCUT2D eigenvalue weighted by Gasteiger charge is 2.49. The van der Waals surface area contributed by atoms with Crippen LogP contribution < -0.4 is 4.90 Å². The molecule has 0 bridgehead atoms. The molecule has 0 saturated heterocycles. The summed E-state index contributed by atoms with van der Waals surface area (Å²) in [5.74, 6) is 0.935. The molecule has 1 heterocycles. The van der Waals surface area contributed by atoms with Gasteiger partial charge in [-0.2, -0.15) is 0 Å². The second-order valence-electron chi connectivity index (χ2n) is 14.8. The van der Waals surface area contributed by atoms with Crippen molar-refractivity contribution in [3.63, 3.8) is 0 Å². The third-order valence-electron chi connectivity index (χ3n) is 11.8. The van der Waals surface area contributed by atoms with Crippen LogP contribution in [0.1, 0.15) is 22.3 Å². The number of fused-ring (bicyclic) bond motifs is 6. The average molecular weight is 728 g/mol. The molecule has 0 saturated carbocycles. The number of furan rings is 1. The molecule has 268 valence electrons. The van der Waals surface area contributed by atoms with E-state index in [-0.39, 0.29) is 0 Å². The Morgan fingerprint density at radius 1 is 0.386 bits per heavy atom. The summed E-state index contributed by atoms with van der Waals surface area (Å²) >= 11 is 0. The van der Waals surface area contributed by atoms with E-state index in [1.807, 2.05) is 0 Å². The van der Waals surface area contributed by atoms with Crippen LogP contribution in [-0.4, -0.2) is 0 Å². The standard InChI is InChI=1S/C55H37NO/c1-4-15-38(16-5-1)39-27-29-40(30-28-39)41-31-33-45(34-32-41)56(51-25-14-18-42-17-10-11-23-47(42)51)46-35-36-48-50(37-46)55(43-19-6-2-7-20-43,44-21-8-3-9-22-44)53-49-24-12-13-26-52(49)57-54(48)53/h1-37H. The van der Waals surface area contributed by atoms with E-state index in [0.717, 1.165) is 39.4 Å². The molecule has 1 aliphatic rings. The van der Waals surface area contributed by atoms with E-state index < -0.39 is 5.41 Å². The Balaban J connectivity index is 1.12. The Morgan fingerprint density at radius 3 is 1.56 bits per heavy atom. The van der Waals surface area contributed by atoms with Crippen molar-refractivity contribution in [3.8, 4) is 33.6 Å². The average Bonchev–Trinajstić information content (AvgIpc) is 3.81. The minimum absolute atomic E-state index is 0.615. The first-order chi connectivity index (χ1) is 28.3. The maximum atomic E-state index is 6.84. The zero-order valence-corrected chi connectivity index (χ0v) is 31.2. The first-order valence-electron chi connectivity index (χ1n) is 19.6. The largest absolute Gasteiger partial charge is 0.456 e. The van der Waals surface area contributed by atoms with Gasteiger partial charge in [0.15, 0.2) is 0 Å². The first kappa shape index (κ1) is 33.0. The molecule has 0 fully saturated rings. The summed E-state index contributed by atoms with van der Waals surface area (Å²) in [4.78, 5) is 2.42. The van der Waals surface area contributed by atoms with Gasteiger partial charge in [-0.05, 0) is 86.8 Å². The maximum absolute atomic E-state index is 6.84. The fourth-order valence-electron chi connectivity index (χ4n) is 9.18. The normalized spacial score (nSPS) is 12.7. The SMILES string of the molecule is c1ccc(-c2ccc(-c3ccc(N(c4ccc5c(c4)C(c4ccccc4)(c4ccccc4)c4c-5oc5ccccc45)c4cccc5ccccc45)cc3)cc2)cc1. The summed E-state index contributed by atoms with van der Waals surface area (Å²) in [5.41, 5.74) is 14.3. The van der Waals surface area contributed by atoms with Gasteiger partial charge in [0.05, 0.1) is 11.1 Å². The summed E-state index contributed by atoms with van der Waals surface area (Å²) in [6.07, 6.45) is 0. The van der Waals surface area contributed by atoms with Gasteiger partial charge in [-0.25, -0.2) is 0 Å². The van der Waals surface area contributed by atoms with Gasteiger partial charge < -0.3 is 9.32 Å². The molecule has 11 rings (SSSR count). The quantitative estimate of drug-likeness (QED) is 0.163. The lowest BCUT2D eigenvalue weighted by atomic mass is 9.67. The van der Waals surface area contributed by atoms with Crippen molar-refractivity contribution in [2.24, 2.45) is 0 Å². The zero-order valence-electron chi connectivity index (χ0n) is 31.2. The third-order valence-corrected chi connectivity index (χ3v) is 11.8. The molecular weight excluding hydrogens is 691 g/mol. The highest BCUT2D eigenvalue weighted by atomic mass is 16.3. The Hall–Kier alpha value is -7.42. The maximum Gasteiger partial charge on any atom is 0.140 e. The van der Waals surface area contributed by atoms with Crippen LogP contribution in [0.15, 0.2) is 229 Å². The molecule has 0 N–H and O–H groups in total. The van der Waals surface area contributed by atoms with Crippen molar-refractivity contribution in [3.05, 3.63) is 247 Å². The van der Waals surface area contributed by atoms with E-state index in [1.54, 1.807) is 0 Å². The lowest BCUT2D eigenvalue weighted by Gasteiger charge is -2.34. The lowest BCUT2D eigenvalue weighted by Crippen LogP contribution is -2.28. The van der Waals surface area contributed by atoms with Gasteiger partial charge in [0.25, 0.3) is 0 Å². The topological polar surface area (TPSA) is 16.4 Å². The Morgan fingerprint density at radius 2 is 0.895 bits per heavy atom. The van der Waals surface area contributed by atoms with Crippen LogP contribution in [-0.2, 0) is 5.41 Å². The second kappa shape index (κ2) is 13.4. The summed E-state index contributed by atoms with van der Waals surface area (Å²) in [6, 6.07) is 81.1. The van der Waals surface area contributed by atoms with Crippen LogP contribution in [0.3, 0.4) is 0 Å². The Bertz CT molecular complexity index is 2990. The van der Waals surface area contributed by atoms with Crippen molar-refractivity contribution in [2.75, 3.05) is 4.90 Å². The molecule has 0 spiro atoms. The van der Waals surface area contributed by atoms with Crippen molar-refractivity contribution < 1.29 is 4.42 Å². The fraction of sp³-hybridized carbons (Fsp3) is 0.0182. The smallest absolute Gasteiger partial charge is 0.140 e. The van der Waals surface area contributed by atoms with Crippen LogP contribution in [0.2, 0.25) is 0 Å². The van der Waals surface area contributed by atoms with E-state index >= 15 is 0 Å². The summed E-state index contributed by atoms with van der Waals surface area (Å²) in [6.45, 7) is 0. The van der Waals surface area contributed by atoms with Gasteiger partial charge in [-0.1, -0.05) is 182 Å².